The molecule has 0 saturated carbocycles. The molecule has 100 valence electrons. The molecule has 5 heteroatoms. The minimum atomic E-state index is -0.670. The van der Waals surface area contributed by atoms with Crippen molar-refractivity contribution in [1.82, 2.24) is 9.97 Å². The molecule has 0 unspecified atom stereocenters. The van der Waals surface area contributed by atoms with Crippen LogP contribution in [0.4, 0.5) is 5.95 Å². The lowest BCUT2D eigenvalue weighted by molar-refractivity contribution is 0.0910. The maximum absolute atomic E-state index is 9.25. The van der Waals surface area contributed by atoms with Gasteiger partial charge in [-0.1, -0.05) is 0 Å². The Kier molecular flexibility index (Phi) is 4.49. The van der Waals surface area contributed by atoms with Crippen molar-refractivity contribution >= 4 is 5.95 Å². The standard InChI is InChI=1S/C13H21N3O2/c1-9-11-4-2-3-5-12(11)16-13(15-9)14-7-6-10(18)8-17/h10,17-18H,2-8H2,1H3,(H,14,15,16)/t10-/m1/s1. The average molecular weight is 251 g/mol. The Balaban J connectivity index is 1.99. The lowest BCUT2D eigenvalue weighted by atomic mass is 9.95. The molecule has 1 aromatic heterocycles. The van der Waals surface area contributed by atoms with Gasteiger partial charge in [0.05, 0.1) is 12.7 Å². The largest absolute Gasteiger partial charge is 0.394 e. The fourth-order valence-corrected chi connectivity index (χ4v) is 2.30. The Labute approximate surface area is 107 Å². The summed E-state index contributed by atoms with van der Waals surface area (Å²) in [5.74, 6) is 0.637. The van der Waals surface area contributed by atoms with Gasteiger partial charge in [0.15, 0.2) is 0 Å². The van der Waals surface area contributed by atoms with Gasteiger partial charge in [-0.15, -0.1) is 0 Å². The maximum Gasteiger partial charge on any atom is 0.223 e. The van der Waals surface area contributed by atoms with Crippen molar-refractivity contribution in [3.63, 3.8) is 0 Å². The number of aliphatic hydroxyl groups excluding tert-OH is 2. The molecule has 0 aliphatic heterocycles. The van der Waals surface area contributed by atoms with Crippen LogP contribution in [0, 0.1) is 6.92 Å². The second-order valence-corrected chi connectivity index (χ2v) is 4.82. The van der Waals surface area contributed by atoms with E-state index >= 15 is 0 Å². The first-order valence-electron chi connectivity index (χ1n) is 6.60. The fourth-order valence-electron chi connectivity index (χ4n) is 2.30. The van der Waals surface area contributed by atoms with Gasteiger partial charge in [0.25, 0.3) is 0 Å². The van der Waals surface area contributed by atoms with Crippen molar-refractivity contribution in [2.45, 2.75) is 45.1 Å². The zero-order chi connectivity index (χ0) is 13.0. The number of nitrogens with zero attached hydrogens (tertiary/aromatic N) is 2. The molecule has 0 aromatic carbocycles. The maximum atomic E-state index is 9.25. The third-order valence-electron chi connectivity index (χ3n) is 3.36. The summed E-state index contributed by atoms with van der Waals surface area (Å²) in [5, 5.41) is 21.1. The number of hydrogen-bond donors (Lipinski definition) is 3. The Bertz CT molecular complexity index is 409. The Morgan fingerprint density at radius 2 is 2.06 bits per heavy atom. The summed E-state index contributed by atoms with van der Waals surface area (Å²) >= 11 is 0. The van der Waals surface area contributed by atoms with Crippen LogP contribution in [0.1, 0.15) is 36.2 Å². The van der Waals surface area contributed by atoms with Crippen LogP contribution in [0.25, 0.3) is 0 Å². The van der Waals surface area contributed by atoms with Crippen LogP contribution in [0.5, 0.6) is 0 Å². The molecular weight excluding hydrogens is 230 g/mol. The molecule has 2 rings (SSSR count). The Hall–Kier alpha value is -1.20. The molecule has 18 heavy (non-hydrogen) atoms. The van der Waals surface area contributed by atoms with E-state index in [9.17, 15) is 5.11 Å². The van der Waals surface area contributed by atoms with Crippen LogP contribution in [0.3, 0.4) is 0 Å². The minimum absolute atomic E-state index is 0.203. The SMILES string of the molecule is Cc1nc(NCC[C@@H](O)CO)nc2c1CCCC2. The third-order valence-corrected chi connectivity index (χ3v) is 3.36. The number of nitrogens with one attached hydrogen (secondary N) is 1. The van der Waals surface area contributed by atoms with E-state index in [1.165, 1.54) is 24.1 Å². The first kappa shape index (κ1) is 13.2. The summed E-state index contributed by atoms with van der Waals surface area (Å²) in [5.41, 5.74) is 3.53. The van der Waals surface area contributed by atoms with Gasteiger partial charge in [-0.25, -0.2) is 9.97 Å². The van der Waals surface area contributed by atoms with Crippen LogP contribution in [0.2, 0.25) is 0 Å². The summed E-state index contributed by atoms with van der Waals surface area (Å²) in [6, 6.07) is 0. The minimum Gasteiger partial charge on any atom is -0.394 e. The third kappa shape index (κ3) is 3.17. The van der Waals surface area contributed by atoms with E-state index in [4.69, 9.17) is 5.11 Å². The van der Waals surface area contributed by atoms with Crippen LogP contribution in [0.15, 0.2) is 0 Å². The van der Waals surface area contributed by atoms with Gasteiger partial charge in [-0.3, -0.25) is 0 Å². The van der Waals surface area contributed by atoms with E-state index in [2.05, 4.69) is 15.3 Å². The predicted molar refractivity (Wildman–Crippen MR) is 69.6 cm³/mol. The zero-order valence-corrected chi connectivity index (χ0v) is 10.8. The average Bonchev–Trinajstić information content (AvgIpc) is 2.38. The van der Waals surface area contributed by atoms with Gasteiger partial charge in [-0.05, 0) is 44.6 Å². The predicted octanol–water partition coefficient (Wildman–Crippen LogP) is 0.819. The molecule has 0 radical (unpaired) electrons. The van der Waals surface area contributed by atoms with Gasteiger partial charge < -0.3 is 15.5 Å². The monoisotopic (exact) mass is 251 g/mol. The number of fused-ring (bicyclic) bond motifs is 1. The Morgan fingerprint density at radius 1 is 1.28 bits per heavy atom. The molecule has 1 aliphatic carbocycles. The van der Waals surface area contributed by atoms with Crippen molar-refractivity contribution < 1.29 is 10.2 Å². The number of anilines is 1. The highest BCUT2D eigenvalue weighted by Crippen LogP contribution is 2.22. The van der Waals surface area contributed by atoms with Crippen molar-refractivity contribution in [1.29, 1.82) is 0 Å². The number of aromatic nitrogens is 2. The summed E-state index contributed by atoms with van der Waals surface area (Å²) in [6.45, 7) is 2.39. The normalized spacial score (nSPS) is 16.2. The van der Waals surface area contributed by atoms with Crippen LogP contribution in [-0.2, 0) is 12.8 Å². The first-order valence-corrected chi connectivity index (χ1v) is 6.60. The summed E-state index contributed by atoms with van der Waals surface area (Å²) in [6.07, 6.45) is 4.38. The van der Waals surface area contributed by atoms with E-state index in [0.29, 0.717) is 18.9 Å². The molecule has 1 atom stereocenters. The molecular formula is C13H21N3O2. The second kappa shape index (κ2) is 6.11. The van der Waals surface area contributed by atoms with E-state index in [1.807, 2.05) is 6.92 Å². The molecule has 5 nitrogen and oxygen atoms in total. The molecule has 3 N–H and O–H groups in total. The molecule has 0 saturated heterocycles. The summed E-state index contributed by atoms with van der Waals surface area (Å²) < 4.78 is 0. The first-order chi connectivity index (χ1) is 8.70. The topological polar surface area (TPSA) is 78.3 Å². The van der Waals surface area contributed by atoms with Gasteiger partial charge in [0, 0.05) is 17.9 Å². The van der Waals surface area contributed by atoms with Gasteiger partial charge >= 0.3 is 0 Å². The summed E-state index contributed by atoms with van der Waals surface area (Å²) in [4.78, 5) is 8.97. The smallest absolute Gasteiger partial charge is 0.223 e. The molecule has 0 bridgehead atoms. The molecule has 0 amide bonds. The second-order valence-electron chi connectivity index (χ2n) is 4.82. The lowest BCUT2D eigenvalue weighted by Gasteiger charge is -2.18. The van der Waals surface area contributed by atoms with Gasteiger partial charge in [0.2, 0.25) is 5.95 Å². The summed E-state index contributed by atoms with van der Waals surface area (Å²) in [7, 11) is 0. The fraction of sp³-hybridized carbons (Fsp3) is 0.692. The Morgan fingerprint density at radius 3 is 2.83 bits per heavy atom. The molecule has 1 aliphatic rings. The molecule has 0 fully saturated rings. The number of aliphatic hydroxyl groups is 2. The van der Waals surface area contributed by atoms with E-state index in [1.54, 1.807) is 0 Å². The van der Waals surface area contributed by atoms with Crippen molar-refractivity contribution in [2.24, 2.45) is 0 Å². The highest BCUT2D eigenvalue weighted by atomic mass is 16.3. The number of aryl methyl sites for hydroxylation is 2. The van der Waals surface area contributed by atoms with Crippen molar-refractivity contribution in [3.05, 3.63) is 17.0 Å². The quantitative estimate of drug-likeness (QED) is 0.722. The van der Waals surface area contributed by atoms with Crippen LogP contribution in [-0.4, -0.2) is 39.4 Å². The lowest BCUT2D eigenvalue weighted by Crippen LogP contribution is -2.19. The van der Waals surface area contributed by atoms with E-state index in [-0.39, 0.29) is 6.61 Å². The molecule has 1 aromatic rings. The van der Waals surface area contributed by atoms with E-state index < -0.39 is 6.10 Å². The highest BCUT2D eigenvalue weighted by Gasteiger charge is 2.15. The van der Waals surface area contributed by atoms with Crippen LogP contribution < -0.4 is 5.32 Å². The molecule has 1 heterocycles. The van der Waals surface area contributed by atoms with Crippen LogP contribution >= 0.6 is 0 Å². The van der Waals surface area contributed by atoms with Crippen molar-refractivity contribution in [2.75, 3.05) is 18.5 Å². The zero-order valence-electron chi connectivity index (χ0n) is 10.8. The molecule has 0 spiro atoms. The van der Waals surface area contributed by atoms with Gasteiger partial charge in [0.1, 0.15) is 0 Å². The number of rotatable bonds is 5. The van der Waals surface area contributed by atoms with E-state index in [0.717, 1.165) is 18.5 Å². The highest BCUT2D eigenvalue weighted by molar-refractivity contribution is 5.35. The van der Waals surface area contributed by atoms with Gasteiger partial charge in [-0.2, -0.15) is 0 Å². The number of hydrogen-bond acceptors (Lipinski definition) is 5. The van der Waals surface area contributed by atoms with Crippen molar-refractivity contribution in [3.8, 4) is 0 Å².